The van der Waals surface area contributed by atoms with Gasteiger partial charge in [-0.2, -0.15) is 0 Å². The molecular weight excluding hydrogens is 294 g/mol. The molecule has 100 valence electrons. The Morgan fingerprint density at radius 3 is 2.11 bits per heavy atom. The molecule has 1 aromatic rings. The largest absolute Gasteiger partial charge is 0.493 e. The van der Waals surface area contributed by atoms with Crippen molar-refractivity contribution in [3.63, 3.8) is 0 Å². The van der Waals surface area contributed by atoms with Crippen molar-refractivity contribution in [2.75, 3.05) is 14.2 Å². The molecule has 2 N–H and O–H groups in total. The van der Waals surface area contributed by atoms with Gasteiger partial charge in [-0.3, -0.25) is 0 Å². The summed E-state index contributed by atoms with van der Waals surface area (Å²) in [7, 11) is 3.36. The molecule has 2 rings (SSSR count). The quantitative estimate of drug-likeness (QED) is 0.929. The number of halogens is 1. The lowest BCUT2D eigenvalue weighted by Gasteiger charge is -2.21. The minimum Gasteiger partial charge on any atom is -0.493 e. The molecule has 0 amide bonds. The lowest BCUT2D eigenvalue weighted by Crippen LogP contribution is -2.25. The molecule has 0 spiro atoms. The first kappa shape index (κ1) is 13.7. The van der Waals surface area contributed by atoms with Gasteiger partial charge < -0.3 is 15.2 Å². The highest BCUT2D eigenvalue weighted by Crippen LogP contribution is 2.46. The van der Waals surface area contributed by atoms with Gasteiger partial charge >= 0.3 is 0 Å². The maximum atomic E-state index is 6.24. The molecule has 0 radical (unpaired) electrons. The summed E-state index contributed by atoms with van der Waals surface area (Å²) in [4.78, 5) is 0. The van der Waals surface area contributed by atoms with Crippen molar-refractivity contribution in [1.29, 1.82) is 0 Å². The molecule has 1 aliphatic rings. The molecule has 3 nitrogen and oxygen atoms in total. The first-order chi connectivity index (χ1) is 8.43. The lowest BCUT2D eigenvalue weighted by molar-refractivity contribution is 0.347. The molecule has 0 aliphatic heterocycles. The standard InChI is InChI=1S/C14H20BrNO2/c1-8-10(7-14(16)5-6-14)13(18-4)12(17-3)9(2)11(8)15/h5-7,16H2,1-4H3. The molecule has 18 heavy (non-hydrogen) atoms. The van der Waals surface area contributed by atoms with Crippen molar-refractivity contribution in [3.8, 4) is 11.5 Å². The highest BCUT2D eigenvalue weighted by atomic mass is 79.9. The zero-order valence-electron chi connectivity index (χ0n) is 11.4. The SMILES string of the molecule is COc1c(C)c(Br)c(C)c(CC2(N)CC2)c1OC. The summed E-state index contributed by atoms with van der Waals surface area (Å²) in [5.41, 5.74) is 9.62. The van der Waals surface area contributed by atoms with Gasteiger partial charge in [0.25, 0.3) is 0 Å². The second kappa shape index (κ2) is 4.74. The highest BCUT2D eigenvalue weighted by Gasteiger charge is 2.40. The zero-order chi connectivity index (χ0) is 13.5. The van der Waals surface area contributed by atoms with Crippen LogP contribution in [0.4, 0.5) is 0 Å². The molecular formula is C14H20BrNO2. The third kappa shape index (κ3) is 2.24. The molecule has 0 atom stereocenters. The Bertz CT molecular complexity index is 481. The average Bonchev–Trinajstić information content (AvgIpc) is 3.07. The van der Waals surface area contributed by atoms with Gasteiger partial charge in [0.2, 0.25) is 0 Å². The normalized spacial score (nSPS) is 16.6. The second-order valence-electron chi connectivity index (χ2n) is 5.15. The first-order valence-corrected chi connectivity index (χ1v) is 6.91. The van der Waals surface area contributed by atoms with Crippen LogP contribution in [0.3, 0.4) is 0 Å². The minimum atomic E-state index is -0.0439. The number of benzene rings is 1. The predicted molar refractivity (Wildman–Crippen MR) is 76.6 cm³/mol. The van der Waals surface area contributed by atoms with E-state index >= 15 is 0 Å². The van der Waals surface area contributed by atoms with Crippen molar-refractivity contribution < 1.29 is 9.47 Å². The monoisotopic (exact) mass is 313 g/mol. The van der Waals surface area contributed by atoms with Crippen LogP contribution < -0.4 is 15.2 Å². The van der Waals surface area contributed by atoms with Crippen LogP contribution in [0, 0.1) is 13.8 Å². The highest BCUT2D eigenvalue weighted by molar-refractivity contribution is 9.10. The fourth-order valence-corrected chi connectivity index (χ4v) is 2.77. The molecule has 0 unspecified atom stereocenters. The third-order valence-corrected chi connectivity index (χ3v) is 4.95. The molecule has 1 saturated carbocycles. The van der Waals surface area contributed by atoms with Crippen LogP contribution in [0.5, 0.6) is 11.5 Å². The topological polar surface area (TPSA) is 44.5 Å². The molecule has 1 fully saturated rings. The van der Waals surface area contributed by atoms with Crippen LogP contribution >= 0.6 is 15.9 Å². The Morgan fingerprint density at radius 1 is 1.11 bits per heavy atom. The van der Waals surface area contributed by atoms with Crippen molar-refractivity contribution >= 4 is 15.9 Å². The maximum Gasteiger partial charge on any atom is 0.165 e. The molecule has 0 bridgehead atoms. The Hall–Kier alpha value is -0.740. The Balaban J connectivity index is 2.58. The van der Waals surface area contributed by atoms with Gasteiger partial charge in [-0.05, 0) is 38.7 Å². The van der Waals surface area contributed by atoms with E-state index in [1.807, 2.05) is 6.92 Å². The van der Waals surface area contributed by atoms with Gasteiger partial charge in [-0.25, -0.2) is 0 Å². The minimum absolute atomic E-state index is 0.0439. The number of hydrogen-bond acceptors (Lipinski definition) is 3. The Morgan fingerprint density at radius 2 is 1.67 bits per heavy atom. The van der Waals surface area contributed by atoms with Crippen molar-refractivity contribution in [1.82, 2.24) is 0 Å². The number of nitrogens with two attached hydrogens (primary N) is 1. The number of hydrogen-bond donors (Lipinski definition) is 1. The van der Waals surface area contributed by atoms with E-state index in [1.54, 1.807) is 14.2 Å². The van der Waals surface area contributed by atoms with E-state index in [9.17, 15) is 0 Å². The lowest BCUT2D eigenvalue weighted by atomic mass is 9.96. The van der Waals surface area contributed by atoms with E-state index in [2.05, 4.69) is 22.9 Å². The van der Waals surface area contributed by atoms with Crippen LogP contribution in [-0.4, -0.2) is 19.8 Å². The van der Waals surface area contributed by atoms with Crippen LogP contribution in [0.2, 0.25) is 0 Å². The summed E-state index contributed by atoms with van der Waals surface area (Å²) < 4.78 is 12.1. The van der Waals surface area contributed by atoms with Crippen LogP contribution in [0.25, 0.3) is 0 Å². The van der Waals surface area contributed by atoms with Crippen LogP contribution in [-0.2, 0) is 6.42 Å². The first-order valence-electron chi connectivity index (χ1n) is 6.12. The van der Waals surface area contributed by atoms with Crippen LogP contribution in [0.15, 0.2) is 4.47 Å². The van der Waals surface area contributed by atoms with E-state index < -0.39 is 0 Å². The zero-order valence-corrected chi connectivity index (χ0v) is 13.0. The molecule has 0 saturated heterocycles. The summed E-state index contributed by atoms with van der Waals surface area (Å²) in [6.07, 6.45) is 3.02. The number of ether oxygens (including phenoxy) is 2. The van der Waals surface area contributed by atoms with Crippen LogP contribution in [0.1, 0.15) is 29.5 Å². The molecule has 0 aromatic heterocycles. The summed E-state index contributed by atoms with van der Waals surface area (Å²) in [6.45, 7) is 4.12. The van der Waals surface area contributed by atoms with E-state index in [1.165, 1.54) is 5.56 Å². The summed E-state index contributed by atoms with van der Waals surface area (Å²) in [5, 5.41) is 0. The van der Waals surface area contributed by atoms with Crippen molar-refractivity contribution in [2.45, 2.75) is 38.6 Å². The van der Waals surface area contributed by atoms with Gasteiger partial charge in [0.1, 0.15) is 0 Å². The smallest absolute Gasteiger partial charge is 0.165 e. The summed E-state index contributed by atoms with van der Waals surface area (Å²) >= 11 is 3.64. The number of rotatable bonds is 4. The van der Waals surface area contributed by atoms with E-state index in [-0.39, 0.29) is 5.54 Å². The van der Waals surface area contributed by atoms with E-state index in [0.29, 0.717) is 0 Å². The molecule has 4 heteroatoms. The van der Waals surface area contributed by atoms with Crippen molar-refractivity contribution in [2.24, 2.45) is 5.73 Å². The number of methoxy groups -OCH3 is 2. The van der Waals surface area contributed by atoms with Crippen molar-refractivity contribution in [3.05, 3.63) is 21.2 Å². The molecule has 0 heterocycles. The summed E-state index contributed by atoms with van der Waals surface area (Å²) in [5.74, 6) is 1.63. The Kier molecular flexibility index (Phi) is 3.60. The maximum absolute atomic E-state index is 6.24. The van der Waals surface area contributed by atoms with Gasteiger partial charge in [0.15, 0.2) is 11.5 Å². The van der Waals surface area contributed by atoms with Gasteiger partial charge in [-0.1, -0.05) is 15.9 Å². The van der Waals surface area contributed by atoms with Gasteiger partial charge in [-0.15, -0.1) is 0 Å². The Labute approximate surface area is 117 Å². The predicted octanol–water partition coefficient (Wildman–Crippen LogP) is 3.12. The van der Waals surface area contributed by atoms with Gasteiger partial charge in [0, 0.05) is 21.1 Å². The van der Waals surface area contributed by atoms with E-state index in [4.69, 9.17) is 15.2 Å². The third-order valence-electron chi connectivity index (χ3n) is 3.76. The molecule has 1 aliphatic carbocycles. The fraction of sp³-hybridized carbons (Fsp3) is 0.571. The molecule has 1 aromatic carbocycles. The second-order valence-corrected chi connectivity index (χ2v) is 5.94. The average molecular weight is 314 g/mol. The summed E-state index contributed by atoms with van der Waals surface area (Å²) in [6, 6.07) is 0. The van der Waals surface area contributed by atoms with Gasteiger partial charge in [0.05, 0.1) is 14.2 Å². The van der Waals surface area contributed by atoms with E-state index in [0.717, 1.165) is 46.4 Å². The fourth-order valence-electron chi connectivity index (χ4n) is 2.35.